The van der Waals surface area contributed by atoms with Crippen molar-refractivity contribution >= 4 is 35.4 Å². The van der Waals surface area contributed by atoms with Crippen molar-refractivity contribution < 1.29 is 9.53 Å². The van der Waals surface area contributed by atoms with Crippen LogP contribution in [0.3, 0.4) is 0 Å². The largest absolute Gasteiger partial charge is 0.466 e. The zero-order chi connectivity index (χ0) is 21.3. The van der Waals surface area contributed by atoms with Crippen molar-refractivity contribution in [3.63, 3.8) is 0 Å². The third kappa shape index (κ3) is 5.96. The second-order valence-electron chi connectivity index (χ2n) is 7.41. The van der Waals surface area contributed by atoms with Crippen molar-refractivity contribution in [3.8, 4) is 0 Å². The van der Waals surface area contributed by atoms with Gasteiger partial charge in [0.1, 0.15) is 0 Å². The minimum Gasteiger partial charge on any atom is -0.466 e. The standard InChI is InChI=1S/C24H32N2O2S2/c1-4-28-23(27)13-7-5-6-10-16-25-24-19-11-8-9-12-21(19)26(2)30-22-17-18(29-3)14-15-20(22)24/h8-9,11-12,14-15,17,24-25H,4-7,10,13,16H2,1-3H3. The van der Waals surface area contributed by atoms with Gasteiger partial charge in [-0.15, -0.1) is 11.8 Å². The number of carbonyl (C=O) groups excluding carboxylic acids is 1. The van der Waals surface area contributed by atoms with Crippen LogP contribution in [0.5, 0.6) is 0 Å². The number of hydrogen-bond donors (Lipinski definition) is 1. The number of nitrogens with one attached hydrogen (secondary N) is 1. The smallest absolute Gasteiger partial charge is 0.305 e. The van der Waals surface area contributed by atoms with Gasteiger partial charge in [0, 0.05) is 23.3 Å². The highest BCUT2D eigenvalue weighted by atomic mass is 32.2. The van der Waals surface area contributed by atoms with Crippen LogP contribution in [0.4, 0.5) is 5.69 Å². The fourth-order valence-electron chi connectivity index (χ4n) is 3.79. The summed E-state index contributed by atoms with van der Waals surface area (Å²) in [5.74, 6) is -0.0754. The van der Waals surface area contributed by atoms with Gasteiger partial charge in [-0.05, 0) is 73.8 Å². The molecule has 3 rings (SSSR count). The van der Waals surface area contributed by atoms with Gasteiger partial charge in [0.25, 0.3) is 0 Å². The molecule has 0 radical (unpaired) electrons. The summed E-state index contributed by atoms with van der Waals surface area (Å²) in [4.78, 5) is 14.0. The van der Waals surface area contributed by atoms with Crippen molar-refractivity contribution in [1.82, 2.24) is 5.32 Å². The molecule has 162 valence electrons. The molecule has 1 aliphatic rings. The Balaban J connectivity index is 1.64. The molecular formula is C24H32N2O2S2. The molecular weight excluding hydrogens is 412 g/mol. The summed E-state index contributed by atoms with van der Waals surface area (Å²) < 4.78 is 7.27. The van der Waals surface area contributed by atoms with E-state index in [-0.39, 0.29) is 12.0 Å². The minimum absolute atomic E-state index is 0.0754. The third-order valence-corrected chi connectivity index (χ3v) is 7.06. The Morgan fingerprint density at radius 1 is 1.13 bits per heavy atom. The van der Waals surface area contributed by atoms with E-state index in [1.54, 1.807) is 23.7 Å². The number of fused-ring (bicyclic) bond motifs is 2. The normalized spacial score (nSPS) is 15.3. The van der Waals surface area contributed by atoms with Crippen LogP contribution in [0.2, 0.25) is 0 Å². The summed E-state index contributed by atoms with van der Waals surface area (Å²) in [6.45, 7) is 3.28. The van der Waals surface area contributed by atoms with Crippen molar-refractivity contribution in [2.75, 3.05) is 30.8 Å². The van der Waals surface area contributed by atoms with Crippen LogP contribution in [-0.2, 0) is 9.53 Å². The molecule has 2 aromatic carbocycles. The van der Waals surface area contributed by atoms with Crippen LogP contribution in [-0.4, -0.2) is 32.4 Å². The fourth-order valence-corrected chi connectivity index (χ4v) is 5.33. The molecule has 0 spiro atoms. The maximum absolute atomic E-state index is 11.4. The Hall–Kier alpha value is -1.63. The van der Waals surface area contributed by atoms with Gasteiger partial charge in [0.15, 0.2) is 0 Å². The zero-order valence-corrected chi connectivity index (χ0v) is 19.8. The Bertz CT molecular complexity index is 844. The highest BCUT2D eigenvalue weighted by Gasteiger charge is 2.26. The predicted molar refractivity (Wildman–Crippen MR) is 128 cm³/mol. The number of carbonyl (C=O) groups is 1. The van der Waals surface area contributed by atoms with E-state index < -0.39 is 0 Å². The molecule has 0 saturated heterocycles. The predicted octanol–water partition coefficient (Wildman–Crippen LogP) is 6.06. The fraction of sp³-hybridized carbons (Fsp3) is 0.458. The Kier molecular flexibility index (Phi) is 8.97. The van der Waals surface area contributed by atoms with Gasteiger partial charge in [-0.25, -0.2) is 0 Å². The first-order valence-corrected chi connectivity index (χ1v) is 12.7. The molecule has 2 aromatic rings. The molecule has 0 amide bonds. The first kappa shape index (κ1) is 23.0. The summed E-state index contributed by atoms with van der Waals surface area (Å²) in [7, 11) is 2.14. The van der Waals surface area contributed by atoms with Gasteiger partial charge in [0.05, 0.1) is 18.3 Å². The molecule has 1 atom stereocenters. The number of esters is 1. The van der Waals surface area contributed by atoms with E-state index in [4.69, 9.17) is 4.74 Å². The highest BCUT2D eigenvalue weighted by Crippen LogP contribution is 2.43. The van der Waals surface area contributed by atoms with E-state index in [1.165, 1.54) is 26.6 Å². The number of hydrogen-bond acceptors (Lipinski definition) is 6. The molecule has 1 unspecified atom stereocenters. The van der Waals surface area contributed by atoms with Gasteiger partial charge in [-0.2, -0.15) is 0 Å². The average molecular weight is 445 g/mol. The first-order valence-electron chi connectivity index (χ1n) is 10.7. The van der Waals surface area contributed by atoms with Crippen molar-refractivity contribution in [2.45, 2.75) is 54.9 Å². The number of anilines is 1. The maximum atomic E-state index is 11.4. The van der Waals surface area contributed by atoms with Gasteiger partial charge in [-0.1, -0.05) is 37.1 Å². The van der Waals surface area contributed by atoms with Gasteiger partial charge in [-0.3, -0.25) is 4.79 Å². The van der Waals surface area contributed by atoms with E-state index in [9.17, 15) is 4.79 Å². The lowest BCUT2D eigenvalue weighted by atomic mass is 9.96. The van der Waals surface area contributed by atoms with Gasteiger partial charge < -0.3 is 14.4 Å². The second-order valence-corrected chi connectivity index (χ2v) is 9.46. The van der Waals surface area contributed by atoms with Crippen molar-refractivity contribution in [1.29, 1.82) is 0 Å². The molecule has 0 fully saturated rings. The number of nitrogens with zero attached hydrogens (tertiary/aromatic N) is 1. The highest BCUT2D eigenvalue weighted by molar-refractivity contribution is 8.01. The second kappa shape index (κ2) is 11.7. The topological polar surface area (TPSA) is 41.6 Å². The van der Waals surface area contributed by atoms with Crippen molar-refractivity contribution in [3.05, 3.63) is 53.6 Å². The van der Waals surface area contributed by atoms with E-state index in [2.05, 4.69) is 65.4 Å². The van der Waals surface area contributed by atoms with E-state index in [0.717, 1.165) is 32.2 Å². The monoisotopic (exact) mass is 444 g/mol. The molecule has 0 aliphatic carbocycles. The van der Waals surface area contributed by atoms with Gasteiger partial charge >= 0.3 is 5.97 Å². The lowest BCUT2D eigenvalue weighted by molar-refractivity contribution is -0.143. The molecule has 30 heavy (non-hydrogen) atoms. The van der Waals surface area contributed by atoms with Crippen molar-refractivity contribution in [2.24, 2.45) is 0 Å². The molecule has 0 bridgehead atoms. The quantitative estimate of drug-likeness (QED) is 0.208. The van der Waals surface area contributed by atoms with Crippen LogP contribution < -0.4 is 9.62 Å². The minimum atomic E-state index is -0.0754. The Morgan fingerprint density at radius 2 is 1.93 bits per heavy atom. The zero-order valence-electron chi connectivity index (χ0n) is 18.1. The first-order chi connectivity index (χ1) is 14.6. The number of thioether (sulfide) groups is 1. The SMILES string of the molecule is CCOC(=O)CCCCCCNC1c2ccc(SC)cc2SN(C)c2ccccc21. The van der Waals surface area contributed by atoms with Crippen LogP contribution >= 0.6 is 23.7 Å². The number of para-hydroxylation sites is 1. The van der Waals surface area contributed by atoms with Crippen LogP contribution in [0.15, 0.2) is 52.3 Å². The van der Waals surface area contributed by atoms with E-state index in [0.29, 0.717) is 13.0 Å². The van der Waals surface area contributed by atoms with E-state index in [1.807, 2.05) is 6.92 Å². The van der Waals surface area contributed by atoms with E-state index >= 15 is 0 Å². The molecule has 0 saturated carbocycles. The average Bonchev–Trinajstić information content (AvgIpc) is 2.87. The lowest BCUT2D eigenvalue weighted by Crippen LogP contribution is -2.24. The summed E-state index contributed by atoms with van der Waals surface area (Å²) in [6.07, 6.45) is 6.85. The number of benzene rings is 2. The summed E-state index contributed by atoms with van der Waals surface area (Å²) in [5.41, 5.74) is 3.93. The molecule has 1 aliphatic heterocycles. The number of unbranched alkanes of at least 4 members (excludes halogenated alkanes) is 3. The molecule has 0 aromatic heterocycles. The summed E-state index contributed by atoms with van der Waals surface area (Å²) in [5, 5.41) is 3.81. The number of ether oxygens (including phenoxy) is 1. The Labute approximate surface area is 189 Å². The number of rotatable bonds is 10. The lowest BCUT2D eigenvalue weighted by Gasteiger charge is -2.22. The Morgan fingerprint density at radius 3 is 2.73 bits per heavy atom. The van der Waals surface area contributed by atoms with Crippen LogP contribution in [0, 0.1) is 0 Å². The van der Waals surface area contributed by atoms with Crippen LogP contribution in [0.25, 0.3) is 0 Å². The maximum Gasteiger partial charge on any atom is 0.305 e. The summed E-state index contributed by atoms with van der Waals surface area (Å²) >= 11 is 3.59. The van der Waals surface area contributed by atoms with Gasteiger partial charge in [0.2, 0.25) is 0 Å². The molecule has 6 heteroatoms. The molecule has 1 N–H and O–H groups in total. The molecule has 4 nitrogen and oxygen atoms in total. The van der Waals surface area contributed by atoms with Crippen LogP contribution in [0.1, 0.15) is 56.2 Å². The molecule has 1 heterocycles. The summed E-state index contributed by atoms with van der Waals surface area (Å²) in [6, 6.07) is 15.7. The third-order valence-electron chi connectivity index (χ3n) is 5.32.